The van der Waals surface area contributed by atoms with Crippen LogP contribution in [0.25, 0.3) is 0 Å². The van der Waals surface area contributed by atoms with Gasteiger partial charge in [0.2, 0.25) is 0 Å². The fourth-order valence-electron chi connectivity index (χ4n) is 0.761. The molecule has 0 bridgehead atoms. The highest BCUT2D eigenvalue weighted by atomic mass is 16.3. The lowest BCUT2D eigenvalue weighted by Crippen LogP contribution is -1.62. The average molecular weight is 220 g/mol. The molecule has 0 N–H and O–H groups in total. The summed E-state index contributed by atoms with van der Waals surface area (Å²) in [7, 11) is 0. The Balaban J connectivity index is 0. The number of benzene rings is 1. The molecule has 1 heteroatoms. The summed E-state index contributed by atoms with van der Waals surface area (Å²) in [4.78, 5) is 0. The minimum atomic E-state index is 1.32. The van der Waals surface area contributed by atoms with E-state index in [9.17, 15) is 0 Å². The van der Waals surface area contributed by atoms with Crippen molar-refractivity contribution in [3.05, 3.63) is 60.6 Å². The fourth-order valence-corrected chi connectivity index (χ4v) is 0.761. The van der Waals surface area contributed by atoms with Gasteiger partial charge in [0.25, 0.3) is 0 Å². The molecule has 0 amide bonds. The molecule has 0 aliphatic heterocycles. The first-order valence-corrected chi connectivity index (χ1v) is 5.88. The summed E-state index contributed by atoms with van der Waals surface area (Å²) in [5.41, 5.74) is 1.32. The summed E-state index contributed by atoms with van der Waals surface area (Å²) in [6.07, 6.45) is 3.25. The molecule has 0 atom stereocenters. The minimum absolute atomic E-state index is 1.32. The molecule has 2 aromatic rings. The van der Waals surface area contributed by atoms with Gasteiger partial charge >= 0.3 is 0 Å². The Morgan fingerprint density at radius 1 is 0.688 bits per heavy atom. The fraction of sp³-hybridized carbons (Fsp3) is 0.333. The van der Waals surface area contributed by atoms with E-state index in [-0.39, 0.29) is 0 Å². The van der Waals surface area contributed by atoms with E-state index in [2.05, 4.69) is 23.5 Å². The van der Waals surface area contributed by atoms with E-state index in [0.29, 0.717) is 0 Å². The lowest BCUT2D eigenvalue weighted by atomic mass is 10.2. The van der Waals surface area contributed by atoms with Gasteiger partial charge in [0, 0.05) is 0 Å². The van der Waals surface area contributed by atoms with Crippen LogP contribution in [0.4, 0.5) is 0 Å². The van der Waals surface area contributed by atoms with Gasteiger partial charge in [-0.05, 0) is 19.1 Å². The van der Waals surface area contributed by atoms with E-state index in [1.54, 1.807) is 12.5 Å². The first kappa shape index (κ1) is 16.9. The van der Waals surface area contributed by atoms with E-state index >= 15 is 0 Å². The minimum Gasteiger partial charge on any atom is -0.473 e. The molecule has 0 radical (unpaired) electrons. The largest absolute Gasteiger partial charge is 0.473 e. The van der Waals surface area contributed by atoms with Gasteiger partial charge in [0.1, 0.15) is 0 Å². The molecule has 90 valence electrons. The molecule has 16 heavy (non-hydrogen) atoms. The molecule has 1 heterocycles. The van der Waals surface area contributed by atoms with Crippen LogP contribution in [-0.4, -0.2) is 0 Å². The molecule has 0 unspecified atom stereocenters. The third kappa shape index (κ3) is 12.5. The molecule has 0 fully saturated rings. The van der Waals surface area contributed by atoms with E-state index < -0.39 is 0 Å². The average Bonchev–Trinajstić information content (AvgIpc) is 2.94. The zero-order chi connectivity index (χ0) is 12.6. The molecular weight excluding hydrogens is 196 g/mol. The normalized spacial score (nSPS) is 7.06. The van der Waals surface area contributed by atoms with Crippen LogP contribution in [0.1, 0.15) is 33.3 Å². The van der Waals surface area contributed by atoms with Crippen molar-refractivity contribution in [2.45, 2.75) is 34.6 Å². The Hall–Kier alpha value is -1.50. The molecule has 1 aromatic heterocycles. The maximum Gasteiger partial charge on any atom is 0.0902 e. The second kappa shape index (κ2) is 15.9. The summed E-state index contributed by atoms with van der Waals surface area (Å²) in [5, 5.41) is 0. The SMILES string of the molecule is CC.CC.Cc1ccccc1.c1ccoc1. The first-order chi connectivity index (χ1) is 7.89. The van der Waals surface area contributed by atoms with Crippen molar-refractivity contribution in [1.82, 2.24) is 0 Å². The van der Waals surface area contributed by atoms with Crippen LogP contribution in [0.3, 0.4) is 0 Å². The predicted octanol–water partition coefficient (Wildman–Crippen LogP) is 5.33. The monoisotopic (exact) mass is 220 g/mol. The number of rotatable bonds is 0. The van der Waals surface area contributed by atoms with Gasteiger partial charge in [0.05, 0.1) is 12.5 Å². The van der Waals surface area contributed by atoms with Crippen LogP contribution < -0.4 is 0 Å². The first-order valence-electron chi connectivity index (χ1n) is 5.88. The van der Waals surface area contributed by atoms with E-state index in [4.69, 9.17) is 0 Å². The van der Waals surface area contributed by atoms with Crippen LogP contribution in [-0.2, 0) is 0 Å². The Kier molecular flexibility index (Phi) is 16.9. The summed E-state index contributed by atoms with van der Waals surface area (Å²) >= 11 is 0. The third-order valence-corrected chi connectivity index (χ3v) is 1.37. The lowest BCUT2D eigenvalue weighted by molar-refractivity contribution is 0.567. The topological polar surface area (TPSA) is 13.1 Å². The van der Waals surface area contributed by atoms with Crippen LogP contribution in [0.5, 0.6) is 0 Å². The highest BCUT2D eigenvalue weighted by molar-refractivity contribution is 5.11. The number of aryl methyl sites for hydroxylation is 1. The second-order valence-electron chi connectivity index (χ2n) is 2.45. The summed E-state index contributed by atoms with van der Waals surface area (Å²) < 4.78 is 4.58. The zero-order valence-corrected chi connectivity index (χ0v) is 11.1. The second-order valence-corrected chi connectivity index (χ2v) is 2.45. The molecular formula is C15H24O. The highest BCUT2D eigenvalue weighted by Crippen LogP contribution is 1.92. The maximum absolute atomic E-state index is 4.58. The highest BCUT2D eigenvalue weighted by Gasteiger charge is 1.72. The van der Waals surface area contributed by atoms with Crippen LogP contribution in [0.15, 0.2) is 59.4 Å². The molecule has 0 spiro atoms. The number of hydrogen-bond acceptors (Lipinski definition) is 1. The van der Waals surface area contributed by atoms with E-state index in [1.807, 2.05) is 58.0 Å². The van der Waals surface area contributed by atoms with Crippen molar-refractivity contribution in [3.8, 4) is 0 Å². The zero-order valence-electron chi connectivity index (χ0n) is 11.1. The lowest BCUT2D eigenvalue weighted by Gasteiger charge is -1.82. The maximum atomic E-state index is 4.58. The molecule has 2 rings (SSSR count). The van der Waals surface area contributed by atoms with Gasteiger partial charge < -0.3 is 4.42 Å². The standard InChI is InChI=1S/C7H8.C4H4O.2C2H6/c1-7-5-3-2-4-6-7;1-2-4-5-3-1;2*1-2/h2-6H,1H3;1-4H;2*1-2H3. The predicted molar refractivity (Wildman–Crippen MR) is 72.6 cm³/mol. The van der Waals surface area contributed by atoms with Crippen molar-refractivity contribution < 1.29 is 4.42 Å². The van der Waals surface area contributed by atoms with Crippen molar-refractivity contribution in [1.29, 1.82) is 0 Å². The van der Waals surface area contributed by atoms with Crippen molar-refractivity contribution in [3.63, 3.8) is 0 Å². The molecule has 0 aliphatic rings. The molecule has 1 aromatic carbocycles. The molecule has 0 saturated heterocycles. The third-order valence-electron chi connectivity index (χ3n) is 1.37. The Labute approximate surface area is 100 Å². The van der Waals surface area contributed by atoms with Crippen molar-refractivity contribution in [2.75, 3.05) is 0 Å². The quantitative estimate of drug-likeness (QED) is 0.585. The Bertz CT molecular complexity index is 254. The molecule has 1 nitrogen and oxygen atoms in total. The summed E-state index contributed by atoms with van der Waals surface area (Å²) in [6.45, 7) is 10.1. The van der Waals surface area contributed by atoms with Crippen molar-refractivity contribution >= 4 is 0 Å². The van der Waals surface area contributed by atoms with Crippen LogP contribution >= 0.6 is 0 Å². The number of furan rings is 1. The van der Waals surface area contributed by atoms with Crippen LogP contribution in [0, 0.1) is 6.92 Å². The number of hydrogen-bond donors (Lipinski definition) is 0. The smallest absolute Gasteiger partial charge is 0.0902 e. The van der Waals surface area contributed by atoms with E-state index in [1.165, 1.54) is 5.56 Å². The van der Waals surface area contributed by atoms with Gasteiger partial charge in [-0.1, -0.05) is 63.6 Å². The van der Waals surface area contributed by atoms with Crippen LogP contribution in [0.2, 0.25) is 0 Å². The molecule has 0 aliphatic carbocycles. The Morgan fingerprint density at radius 2 is 1.12 bits per heavy atom. The van der Waals surface area contributed by atoms with Crippen molar-refractivity contribution in [2.24, 2.45) is 0 Å². The van der Waals surface area contributed by atoms with Gasteiger partial charge in [0.15, 0.2) is 0 Å². The van der Waals surface area contributed by atoms with Gasteiger partial charge in [-0.3, -0.25) is 0 Å². The summed E-state index contributed by atoms with van der Waals surface area (Å²) in [5.74, 6) is 0. The molecule has 0 saturated carbocycles. The van der Waals surface area contributed by atoms with E-state index in [0.717, 1.165) is 0 Å². The summed E-state index contributed by atoms with van der Waals surface area (Å²) in [6, 6.07) is 13.9. The van der Waals surface area contributed by atoms with Gasteiger partial charge in [-0.25, -0.2) is 0 Å². The van der Waals surface area contributed by atoms with Gasteiger partial charge in [-0.2, -0.15) is 0 Å². The van der Waals surface area contributed by atoms with Gasteiger partial charge in [-0.15, -0.1) is 0 Å². The Morgan fingerprint density at radius 3 is 1.31 bits per heavy atom.